The highest BCUT2D eigenvalue weighted by Crippen LogP contribution is 2.23. The molecule has 0 spiro atoms. The predicted octanol–water partition coefficient (Wildman–Crippen LogP) is 3.26. The number of amides is 1. The van der Waals surface area contributed by atoms with Crippen molar-refractivity contribution in [1.29, 1.82) is 0 Å². The van der Waals surface area contributed by atoms with Gasteiger partial charge in [0.25, 0.3) is 0 Å². The summed E-state index contributed by atoms with van der Waals surface area (Å²) in [7, 11) is 1.29. The number of esters is 1. The third-order valence-corrected chi connectivity index (χ3v) is 4.06. The van der Waals surface area contributed by atoms with Gasteiger partial charge in [0.15, 0.2) is 11.7 Å². The van der Waals surface area contributed by atoms with E-state index in [1.54, 1.807) is 25.1 Å². The quantitative estimate of drug-likeness (QED) is 0.729. The van der Waals surface area contributed by atoms with Gasteiger partial charge >= 0.3 is 5.97 Å². The minimum Gasteiger partial charge on any atom is -0.467 e. The molecule has 0 bridgehead atoms. The van der Waals surface area contributed by atoms with Gasteiger partial charge in [-0.15, -0.1) is 0 Å². The average molecular weight is 362 g/mol. The van der Waals surface area contributed by atoms with Gasteiger partial charge in [0, 0.05) is 12.8 Å². The Balaban J connectivity index is 1.97. The van der Waals surface area contributed by atoms with Crippen LogP contribution in [0, 0.1) is 5.82 Å². The molecule has 0 aliphatic rings. The van der Waals surface area contributed by atoms with Gasteiger partial charge in [0.1, 0.15) is 11.4 Å². The van der Waals surface area contributed by atoms with Crippen LogP contribution in [0.2, 0.25) is 0 Å². The molecule has 7 heteroatoms. The molecule has 1 heterocycles. The summed E-state index contributed by atoms with van der Waals surface area (Å²) in [6.45, 7) is 3.56. The summed E-state index contributed by atoms with van der Waals surface area (Å²) < 4.78 is 24.1. The van der Waals surface area contributed by atoms with Crippen molar-refractivity contribution < 1.29 is 23.1 Å². The number of carbonyl (C=O) groups excluding carboxylic acids is 2. The van der Waals surface area contributed by atoms with Crippen LogP contribution in [-0.4, -0.2) is 29.5 Å². The Kier molecular flexibility index (Phi) is 6.49. The van der Waals surface area contributed by atoms with Gasteiger partial charge in [0.05, 0.1) is 18.9 Å². The summed E-state index contributed by atoms with van der Waals surface area (Å²) >= 11 is 0. The summed E-state index contributed by atoms with van der Waals surface area (Å²) in [5.74, 6) is -0.554. The molecule has 1 aromatic heterocycles. The van der Waals surface area contributed by atoms with Gasteiger partial charge in [-0.1, -0.05) is 25.5 Å². The predicted molar refractivity (Wildman–Crippen MR) is 93.7 cm³/mol. The molecule has 1 amide bonds. The molecule has 0 saturated carbocycles. The number of carbonyl (C=O) groups is 2. The zero-order valence-corrected chi connectivity index (χ0v) is 15.2. The number of nitrogens with one attached hydrogen (secondary N) is 1. The van der Waals surface area contributed by atoms with Crippen LogP contribution in [-0.2, 0) is 20.7 Å². The Bertz CT molecular complexity index is 774. The molecule has 0 saturated heterocycles. The van der Waals surface area contributed by atoms with Crippen molar-refractivity contribution in [2.45, 2.75) is 45.1 Å². The highest BCUT2D eigenvalue weighted by molar-refractivity contribution is 5.87. The molecule has 0 radical (unpaired) electrons. The standard InChI is InChI=1S/C19H23FN2O4/c1-4-11-19(2,18(24)25-3)22-16(23)9-10-17-21-12-15(26-17)13-7-5-6-8-14(13)20/h5-8,12H,4,9-11H2,1-3H3,(H,22,23). The van der Waals surface area contributed by atoms with E-state index in [0.29, 0.717) is 23.6 Å². The van der Waals surface area contributed by atoms with Crippen molar-refractivity contribution in [3.05, 3.63) is 42.2 Å². The lowest BCUT2D eigenvalue weighted by Crippen LogP contribution is -2.52. The second-order valence-corrected chi connectivity index (χ2v) is 6.22. The number of oxazole rings is 1. The van der Waals surface area contributed by atoms with Crippen LogP contribution in [0.1, 0.15) is 39.0 Å². The van der Waals surface area contributed by atoms with Gasteiger partial charge in [-0.05, 0) is 25.5 Å². The maximum atomic E-state index is 13.8. The fourth-order valence-electron chi connectivity index (χ4n) is 2.74. The highest BCUT2D eigenvalue weighted by atomic mass is 19.1. The fraction of sp³-hybridized carbons (Fsp3) is 0.421. The van der Waals surface area contributed by atoms with Crippen molar-refractivity contribution in [3.63, 3.8) is 0 Å². The van der Waals surface area contributed by atoms with Crippen LogP contribution in [0.5, 0.6) is 0 Å². The Morgan fingerprint density at radius 2 is 2.08 bits per heavy atom. The minimum atomic E-state index is -1.06. The van der Waals surface area contributed by atoms with E-state index in [4.69, 9.17) is 9.15 Å². The number of aryl methyl sites for hydroxylation is 1. The number of nitrogens with zero attached hydrogens (tertiary/aromatic N) is 1. The molecule has 2 aromatic rings. The maximum Gasteiger partial charge on any atom is 0.331 e. The van der Waals surface area contributed by atoms with Crippen molar-refractivity contribution >= 4 is 11.9 Å². The Labute approximate surface area is 151 Å². The van der Waals surface area contributed by atoms with Crippen molar-refractivity contribution in [3.8, 4) is 11.3 Å². The molecule has 0 aliphatic heterocycles. The van der Waals surface area contributed by atoms with E-state index in [1.807, 2.05) is 6.92 Å². The number of halogens is 1. The monoisotopic (exact) mass is 362 g/mol. The summed E-state index contributed by atoms with van der Waals surface area (Å²) in [5, 5.41) is 2.72. The van der Waals surface area contributed by atoms with Crippen LogP contribution in [0.3, 0.4) is 0 Å². The maximum absolute atomic E-state index is 13.8. The van der Waals surface area contributed by atoms with Crippen LogP contribution in [0.4, 0.5) is 4.39 Å². The number of hydrogen-bond donors (Lipinski definition) is 1. The molecule has 6 nitrogen and oxygen atoms in total. The zero-order valence-electron chi connectivity index (χ0n) is 15.2. The van der Waals surface area contributed by atoms with Gasteiger partial charge in [-0.25, -0.2) is 14.2 Å². The van der Waals surface area contributed by atoms with Crippen molar-refractivity contribution in [1.82, 2.24) is 10.3 Å². The molecule has 0 fully saturated rings. The lowest BCUT2D eigenvalue weighted by molar-refractivity contribution is -0.150. The van der Waals surface area contributed by atoms with Gasteiger partial charge in [0.2, 0.25) is 5.91 Å². The second-order valence-electron chi connectivity index (χ2n) is 6.22. The average Bonchev–Trinajstić information content (AvgIpc) is 3.08. The second kappa shape index (κ2) is 8.60. The minimum absolute atomic E-state index is 0.0908. The number of ether oxygens (including phenoxy) is 1. The van der Waals surface area contributed by atoms with E-state index in [1.165, 1.54) is 19.4 Å². The van der Waals surface area contributed by atoms with Crippen LogP contribution in [0.25, 0.3) is 11.3 Å². The number of benzene rings is 1. The van der Waals surface area contributed by atoms with E-state index in [-0.39, 0.29) is 18.7 Å². The van der Waals surface area contributed by atoms with Crippen LogP contribution in [0.15, 0.2) is 34.9 Å². The smallest absolute Gasteiger partial charge is 0.331 e. The molecule has 1 N–H and O–H groups in total. The highest BCUT2D eigenvalue weighted by Gasteiger charge is 2.34. The first-order valence-corrected chi connectivity index (χ1v) is 8.48. The van der Waals surface area contributed by atoms with Gasteiger partial charge < -0.3 is 14.5 Å². The van der Waals surface area contributed by atoms with E-state index >= 15 is 0 Å². The first kappa shape index (κ1) is 19.6. The van der Waals surface area contributed by atoms with Gasteiger partial charge in [-0.3, -0.25) is 4.79 Å². The molecule has 140 valence electrons. The summed E-state index contributed by atoms with van der Waals surface area (Å²) in [6.07, 6.45) is 2.96. The van der Waals surface area contributed by atoms with E-state index in [0.717, 1.165) is 6.42 Å². The Morgan fingerprint density at radius 1 is 1.35 bits per heavy atom. The van der Waals surface area contributed by atoms with Crippen molar-refractivity contribution in [2.24, 2.45) is 0 Å². The Hall–Kier alpha value is -2.70. The lowest BCUT2D eigenvalue weighted by Gasteiger charge is -2.27. The van der Waals surface area contributed by atoms with E-state index in [9.17, 15) is 14.0 Å². The molecular formula is C19H23FN2O4. The molecular weight excluding hydrogens is 339 g/mol. The normalized spacial score (nSPS) is 13.1. The molecule has 2 rings (SSSR count). The topological polar surface area (TPSA) is 81.4 Å². The molecule has 1 unspecified atom stereocenters. The fourth-order valence-corrected chi connectivity index (χ4v) is 2.74. The third-order valence-electron chi connectivity index (χ3n) is 4.06. The zero-order chi connectivity index (χ0) is 19.2. The number of aromatic nitrogens is 1. The summed E-state index contributed by atoms with van der Waals surface area (Å²) in [6, 6.07) is 6.23. The first-order chi connectivity index (χ1) is 12.4. The summed E-state index contributed by atoms with van der Waals surface area (Å²) in [5.41, 5.74) is -0.743. The SMILES string of the molecule is CCCC(C)(NC(=O)CCc1ncc(-c2ccccc2F)o1)C(=O)OC. The van der Waals surface area contributed by atoms with Crippen LogP contribution < -0.4 is 5.32 Å². The lowest BCUT2D eigenvalue weighted by atomic mass is 9.96. The Morgan fingerprint density at radius 3 is 2.73 bits per heavy atom. The molecule has 0 aliphatic carbocycles. The molecule has 1 atom stereocenters. The molecule has 1 aromatic carbocycles. The molecule has 26 heavy (non-hydrogen) atoms. The van der Waals surface area contributed by atoms with E-state index < -0.39 is 17.3 Å². The van der Waals surface area contributed by atoms with Gasteiger partial charge in [-0.2, -0.15) is 0 Å². The largest absolute Gasteiger partial charge is 0.467 e. The summed E-state index contributed by atoms with van der Waals surface area (Å²) in [4.78, 5) is 28.2. The van der Waals surface area contributed by atoms with E-state index in [2.05, 4.69) is 10.3 Å². The number of rotatable bonds is 8. The third kappa shape index (κ3) is 4.68. The van der Waals surface area contributed by atoms with Crippen LogP contribution >= 0.6 is 0 Å². The number of methoxy groups -OCH3 is 1. The first-order valence-electron chi connectivity index (χ1n) is 8.48. The number of hydrogen-bond acceptors (Lipinski definition) is 5. The van der Waals surface area contributed by atoms with Crippen molar-refractivity contribution in [2.75, 3.05) is 7.11 Å².